The molecule has 0 spiro atoms. The lowest BCUT2D eigenvalue weighted by molar-refractivity contribution is -0.116. The Bertz CT molecular complexity index is 753. The third-order valence-electron chi connectivity index (χ3n) is 4.11. The van der Waals surface area contributed by atoms with Crippen LogP contribution in [0.1, 0.15) is 37.2 Å². The Hall–Kier alpha value is -2.01. The number of aryl methyl sites for hydroxylation is 1. The molecule has 1 amide bonds. The first-order valence-electron chi connectivity index (χ1n) is 8.48. The molecule has 0 saturated heterocycles. The Morgan fingerprint density at radius 2 is 2.08 bits per heavy atom. The minimum Gasteiger partial charge on any atom is -0.495 e. The number of halogens is 1. The van der Waals surface area contributed by atoms with Gasteiger partial charge in [-0.05, 0) is 49.9 Å². The van der Waals surface area contributed by atoms with Gasteiger partial charge in [-0.3, -0.25) is 9.48 Å². The second-order valence-electron chi connectivity index (χ2n) is 6.62. The van der Waals surface area contributed by atoms with Crippen LogP contribution in [0, 0.1) is 19.8 Å². The molecule has 2 aromatic rings. The highest BCUT2D eigenvalue weighted by Gasteiger charge is 2.14. The monoisotopic (exact) mass is 363 g/mol. The Balaban J connectivity index is 1.98. The van der Waals surface area contributed by atoms with Crippen LogP contribution in [0.4, 0.5) is 5.69 Å². The van der Waals surface area contributed by atoms with Crippen molar-refractivity contribution in [1.29, 1.82) is 0 Å². The van der Waals surface area contributed by atoms with Crippen LogP contribution >= 0.6 is 11.6 Å². The van der Waals surface area contributed by atoms with E-state index in [0.29, 0.717) is 35.2 Å². The summed E-state index contributed by atoms with van der Waals surface area (Å²) in [5.74, 6) is 1.08. The first-order chi connectivity index (χ1) is 11.8. The summed E-state index contributed by atoms with van der Waals surface area (Å²) < 4.78 is 7.15. The lowest BCUT2D eigenvalue weighted by atomic mass is 10.1. The Kier molecular flexibility index (Phi) is 6.48. The van der Waals surface area contributed by atoms with E-state index in [0.717, 1.165) is 23.5 Å². The van der Waals surface area contributed by atoms with Gasteiger partial charge in [-0.1, -0.05) is 25.4 Å². The Morgan fingerprint density at radius 1 is 1.36 bits per heavy atom. The lowest BCUT2D eigenvalue weighted by Crippen LogP contribution is -2.13. The van der Waals surface area contributed by atoms with Crippen LogP contribution in [0.2, 0.25) is 5.02 Å². The fraction of sp³-hybridized carbons (Fsp3) is 0.474. The lowest BCUT2D eigenvalue weighted by Gasteiger charge is -2.09. The predicted octanol–water partition coefficient (Wildman–Crippen LogP) is 4.39. The van der Waals surface area contributed by atoms with Crippen molar-refractivity contribution in [3.63, 3.8) is 0 Å². The van der Waals surface area contributed by atoms with Gasteiger partial charge in [0.2, 0.25) is 5.91 Å². The van der Waals surface area contributed by atoms with E-state index in [1.165, 1.54) is 0 Å². The maximum absolute atomic E-state index is 12.2. The van der Waals surface area contributed by atoms with Crippen LogP contribution in [-0.4, -0.2) is 22.8 Å². The number of ether oxygens (including phenoxy) is 1. The molecule has 0 aliphatic carbocycles. The van der Waals surface area contributed by atoms with Gasteiger partial charge in [-0.25, -0.2) is 0 Å². The van der Waals surface area contributed by atoms with Crippen LogP contribution in [-0.2, 0) is 17.8 Å². The minimum absolute atomic E-state index is 0.0448. The minimum atomic E-state index is -0.0448. The van der Waals surface area contributed by atoms with E-state index >= 15 is 0 Å². The van der Waals surface area contributed by atoms with Gasteiger partial charge in [0.15, 0.2) is 0 Å². The maximum Gasteiger partial charge on any atom is 0.224 e. The number of nitrogens with zero attached hydrogens (tertiary/aromatic N) is 2. The summed E-state index contributed by atoms with van der Waals surface area (Å²) in [5, 5.41) is 7.95. The predicted molar refractivity (Wildman–Crippen MR) is 101 cm³/mol. The average molecular weight is 364 g/mol. The second-order valence-corrected chi connectivity index (χ2v) is 7.03. The van der Waals surface area contributed by atoms with E-state index in [4.69, 9.17) is 16.3 Å². The normalized spacial score (nSPS) is 11.0. The number of nitrogens with one attached hydrogen (secondary N) is 1. The van der Waals surface area contributed by atoms with E-state index in [9.17, 15) is 4.79 Å². The van der Waals surface area contributed by atoms with Gasteiger partial charge in [0, 0.05) is 24.3 Å². The number of hydrogen-bond acceptors (Lipinski definition) is 3. The molecule has 0 atom stereocenters. The summed E-state index contributed by atoms with van der Waals surface area (Å²) in [6.07, 6.45) is 1.07. The quantitative estimate of drug-likeness (QED) is 0.793. The molecular weight excluding hydrogens is 338 g/mol. The summed E-state index contributed by atoms with van der Waals surface area (Å²) in [5.41, 5.74) is 3.97. The molecule has 2 rings (SSSR count). The topological polar surface area (TPSA) is 56.1 Å². The second kappa shape index (κ2) is 8.39. The average Bonchev–Trinajstić information content (AvgIpc) is 2.79. The zero-order valence-corrected chi connectivity index (χ0v) is 16.3. The third kappa shape index (κ3) is 4.98. The molecule has 0 bridgehead atoms. The Morgan fingerprint density at radius 3 is 2.68 bits per heavy atom. The van der Waals surface area contributed by atoms with Crippen LogP contribution in [0.25, 0.3) is 0 Å². The summed E-state index contributed by atoms with van der Waals surface area (Å²) in [6.45, 7) is 9.30. The van der Waals surface area contributed by atoms with Crippen molar-refractivity contribution < 1.29 is 9.53 Å². The molecule has 0 saturated carbocycles. The number of hydrogen-bond donors (Lipinski definition) is 1. The summed E-state index contributed by atoms with van der Waals surface area (Å²) in [7, 11) is 1.56. The van der Waals surface area contributed by atoms with Gasteiger partial charge < -0.3 is 10.1 Å². The first-order valence-corrected chi connectivity index (χ1v) is 8.85. The maximum atomic E-state index is 12.2. The van der Waals surface area contributed by atoms with Crippen molar-refractivity contribution in [2.24, 2.45) is 5.92 Å². The number of aromatic nitrogens is 2. The van der Waals surface area contributed by atoms with Gasteiger partial charge in [-0.15, -0.1) is 0 Å². The van der Waals surface area contributed by atoms with Crippen molar-refractivity contribution in [3.8, 4) is 5.75 Å². The van der Waals surface area contributed by atoms with E-state index in [-0.39, 0.29) is 5.91 Å². The molecule has 0 radical (unpaired) electrons. The first kappa shape index (κ1) is 19.3. The molecule has 0 unspecified atom stereocenters. The van der Waals surface area contributed by atoms with E-state index in [2.05, 4.69) is 31.2 Å². The third-order valence-corrected chi connectivity index (χ3v) is 4.40. The number of anilines is 1. The molecule has 0 aliphatic heterocycles. The van der Waals surface area contributed by atoms with Crippen molar-refractivity contribution in [3.05, 3.63) is 40.2 Å². The molecule has 0 aliphatic rings. The molecule has 5 nitrogen and oxygen atoms in total. The summed E-state index contributed by atoms with van der Waals surface area (Å²) >= 11 is 6.08. The number of carbonyl (C=O) groups is 1. The summed E-state index contributed by atoms with van der Waals surface area (Å²) in [6, 6.07) is 5.21. The fourth-order valence-corrected chi connectivity index (χ4v) is 3.08. The van der Waals surface area contributed by atoms with Crippen molar-refractivity contribution in [2.75, 3.05) is 12.4 Å². The van der Waals surface area contributed by atoms with Gasteiger partial charge >= 0.3 is 0 Å². The van der Waals surface area contributed by atoms with Gasteiger partial charge in [-0.2, -0.15) is 5.10 Å². The molecule has 1 N–H and O–H groups in total. The van der Waals surface area contributed by atoms with Crippen LogP contribution in [0.3, 0.4) is 0 Å². The molecule has 0 fully saturated rings. The van der Waals surface area contributed by atoms with Gasteiger partial charge in [0.25, 0.3) is 0 Å². The number of carbonyl (C=O) groups excluding carboxylic acids is 1. The van der Waals surface area contributed by atoms with E-state index in [1.54, 1.807) is 25.3 Å². The Labute approximate surface area is 154 Å². The molecule has 1 aromatic heterocycles. The highest BCUT2D eigenvalue weighted by atomic mass is 35.5. The van der Waals surface area contributed by atoms with Crippen molar-refractivity contribution >= 4 is 23.2 Å². The largest absolute Gasteiger partial charge is 0.495 e. The number of amides is 1. The standard InChI is InChI=1S/C19H26ClN3O2/c1-12(2)11-23-14(4)16(13(3)22-23)7-9-19(24)21-15-6-8-18(25-5)17(20)10-15/h6,8,10,12H,7,9,11H2,1-5H3,(H,21,24). The highest BCUT2D eigenvalue weighted by molar-refractivity contribution is 6.32. The smallest absolute Gasteiger partial charge is 0.224 e. The number of rotatable bonds is 7. The molecule has 25 heavy (non-hydrogen) atoms. The van der Waals surface area contributed by atoms with Crippen LogP contribution < -0.4 is 10.1 Å². The molecule has 1 heterocycles. The van der Waals surface area contributed by atoms with E-state index in [1.807, 2.05) is 11.6 Å². The molecule has 1 aromatic carbocycles. The number of benzene rings is 1. The van der Waals surface area contributed by atoms with Gasteiger partial charge in [0.05, 0.1) is 17.8 Å². The fourth-order valence-electron chi connectivity index (χ4n) is 2.83. The number of methoxy groups -OCH3 is 1. The van der Waals surface area contributed by atoms with Crippen LogP contribution in [0.5, 0.6) is 5.75 Å². The summed E-state index contributed by atoms with van der Waals surface area (Å²) in [4.78, 5) is 12.2. The SMILES string of the molecule is COc1ccc(NC(=O)CCc2c(C)nn(CC(C)C)c2C)cc1Cl. The van der Waals surface area contributed by atoms with Crippen molar-refractivity contribution in [2.45, 2.75) is 47.1 Å². The van der Waals surface area contributed by atoms with Gasteiger partial charge in [0.1, 0.15) is 5.75 Å². The molecule has 6 heteroatoms. The van der Waals surface area contributed by atoms with Crippen LogP contribution in [0.15, 0.2) is 18.2 Å². The highest BCUT2D eigenvalue weighted by Crippen LogP contribution is 2.27. The zero-order chi connectivity index (χ0) is 18.6. The molecule has 136 valence electrons. The van der Waals surface area contributed by atoms with Crippen molar-refractivity contribution in [1.82, 2.24) is 9.78 Å². The van der Waals surface area contributed by atoms with E-state index < -0.39 is 0 Å². The molecular formula is C19H26ClN3O2. The zero-order valence-electron chi connectivity index (χ0n) is 15.5.